The van der Waals surface area contributed by atoms with E-state index in [1.54, 1.807) is 0 Å². The minimum absolute atomic E-state index is 0.183. The van der Waals surface area contributed by atoms with Gasteiger partial charge < -0.3 is 28.5 Å². The fraction of sp³-hybridized carbons (Fsp3) is 0.883. The molecular formula is C60H114NO8+. The van der Waals surface area contributed by atoms with Crippen molar-refractivity contribution in [3.05, 3.63) is 24.3 Å². The first-order valence-electron chi connectivity index (χ1n) is 29.5. The molecule has 69 heavy (non-hydrogen) atoms. The number of unbranched alkanes of at least 4 members (excludes halogenated alkanes) is 36. The lowest BCUT2D eigenvalue weighted by Crippen LogP contribution is -2.40. The van der Waals surface area contributed by atoms with Gasteiger partial charge in [0.2, 0.25) is 0 Å². The van der Waals surface area contributed by atoms with Crippen LogP contribution >= 0.6 is 0 Å². The highest BCUT2D eigenvalue weighted by atomic mass is 16.7. The van der Waals surface area contributed by atoms with Gasteiger partial charge in [-0.2, -0.15) is 0 Å². The molecule has 0 radical (unpaired) electrons. The number of likely N-dealkylation sites (N-methyl/N-ethyl adjacent to an activating group) is 1. The van der Waals surface area contributed by atoms with Crippen molar-refractivity contribution in [1.29, 1.82) is 0 Å². The second-order valence-corrected chi connectivity index (χ2v) is 21.3. The van der Waals surface area contributed by atoms with Crippen LogP contribution < -0.4 is 0 Å². The van der Waals surface area contributed by atoms with E-state index in [9.17, 15) is 19.5 Å². The summed E-state index contributed by atoms with van der Waals surface area (Å²) in [4.78, 5) is 37.3. The summed E-state index contributed by atoms with van der Waals surface area (Å²) in [7, 11) is 5.97. The summed E-state index contributed by atoms with van der Waals surface area (Å²) in [5.41, 5.74) is 0. The summed E-state index contributed by atoms with van der Waals surface area (Å²) in [6.07, 6.45) is 58.4. The Bertz CT molecular complexity index is 1180. The molecule has 2 unspecified atom stereocenters. The van der Waals surface area contributed by atoms with Crippen LogP contribution in [0.5, 0.6) is 0 Å². The van der Waals surface area contributed by atoms with E-state index in [0.717, 1.165) is 57.8 Å². The van der Waals surface area contributed by atoms with E-state index in [1.165, 1.54) is 193 Å². The highest BCUT2D eigenvalue weighted by Crippen LogP contribution is 2.18. The monoisotopic (exact) mass is 977 g/mol. The first-order chi connectivity index (χ1) is 33.6. The maximum absolute atomic E-state index is 12.8. The number of carbonyl (C=O) groups is 3. The molecule has 0 saturated heterocycles. The Morgan fingerprint density at radius 1 is 0.435 bits per heavy atom. The number of aliphatic carboxylic acids is 1. The molecule has 0 saturated carbocycles. The smallest absolute Gasteiger partial charge is 0.361 e. The zero-order chi connectivity index (χ0) is 50.6. The average molecular weight is 978 g/mol. The molecule has 0 spiro atoms. The first-order valence-corrected chi connectivity index (χ1v) is 29.5. The lowest BCUT2D eigenvalue weighted by molar-refractivity contribution is -0.870. The van der Waals surface area contributed by atoms with Crippen LogP contribution in [0.2, 0.25) is 0 Å². The van der Waals surface area contributed by atoms with Crippen LogP contribution in [-0.4, -0.2) is 87.4 Å². The van der Waals surface area contributed by atoms with Crippen molar-refractivity contribution in [2.75, 3.05) is 47.5 Å². The van der Waals surface area contributed by atoms with Gasteiger partial charge in [-0.15, -0.1) is 0 Å². The fourth-order valence-electron chi connectivity index (χ4n) is 8.63. The number of carbonyl (C=O) groups excluding carboxylic acids is 2. The lowest BCUT2D eigenvalue weighted by Gasteiger charge is -2.25. The van der Waals surface area contributed by atoms with Gasteiger partial charge in [0.25, 0.3) is 6.29 Å². The maximum atomic E-state index is 12.8. The van der Waals surface area contributed by atoms with Gasteiger partial charge in [0.05, 0.1) is 34.4 Å². The van der Waals surface area contributed by atoms with Crippen molar-refractivity contribution in [3.63, 3.8) is 0 Å². The summed E-state index contributed by atoms with van der Waals surface area (Å²) in [6.45, 7) is 4.87. The SMILES string of the molecule is CCCCC/C=C\C/C=C\CCCCCCCC(=O)OC(COC(=O)CCCCCCCCCCCCCCCCCCCCCCCCCCCCCCC)COC(OCC[N+](C)(C)C)C(=O)O. The quantitative estimate of drug-likeness (QED) is 0.0211. The van der Waals surface area contributed by atoms with E-state index in [0.29, 0.717) is 23.9 Å². The van der Waals surface area contributed by atoms with Gasteiger partial charge in [0.15, 0.2) is 6.10 Å². The van der Waals surface area contributed by atoms with Crippen LogP contribution in [0.3, 0.4) is 0 Å². The predicted octanol–water partition coefficient (Wildman–Crippen LogP) is 17.1. The normalized spacial score (nSPS) is 12.9. The number of carboxylic acids is 1. The Labute approximate surface area is 427 Å². The van der Waals surface area contributed by atoms with Gasteiger partial charge in [-0.3, -0.25) is 9.59 Å². The summed E-state index contributed by atoms with van der Waals surface area (Å²) in [5, 5.41) is 9.69. The Kier molecular flexibility index (Phi) is 50.4. The number of rotatable bonds is 55. The van der Waals surface area contributed by atoms with Crippen molar-refractivity contribution in [2.24, 2.45) is 0 Å². The molecule has 0 amide bonds. The van der Waals surface area contributed by atoms with Gasteiger partial charge in [0.1, 0.15) is 13.2 Å². The van der Waals surface area contributed by atoms with Crippen LogP contribution in [-0.2, 0) is 33.3 Å². The molecule has 0 bridgehead atoms. The number of allylic oxidation sites excluding steroid dienone is 4. The molecule has 2 atom stereocenters. The number of hydrogen-bond acceptors (Lipinski definition) is 7. The Morgan fingerprint density at radius 3 is 1.17 bits per heavy atom. The van der Waals surface area contributed by atoms with Crippen LogP contribution in [0, 0.1) is 0 Å². The van der Waals surface area contributed by atoms with Crippen molar-refractivity contribution in [3.8, 4) is 0 Å². The summed E-state index contributed by atoms with van der Waals surface area (Å²) in [6, 6.07) is 0. The molecule has 0 rings (SSSR count). The van der Waals surface area contributed by atoms with Crippen molar-refractivity contribution >= 4 is 17.9 Å². The summed E-state index contributed by atoms with van der Waals surface area (Å²) in [5.74, 6) is -2.01. The molecule has 9 nitrogen and oxygen atoms in total. The van der Waals surface area contributed by atoms with E-state index in [4.69, 9.17) is 18.9 Å². The highest BCUT2D eigenvalue weighted by Gasteiger charge is 2.25. The standard InChI is InChI=1S/C60H113NO8/c1-6-8-10-12-14-16-18-20-22-23-24-25-26-27-28-29-30-31-32-33-34-35-37-38-40-42-44-46-48-50-57(62)67-54-56(55-68-60(59(64)65)66-53-52-61(3,4)5)69-58(63)51-49-47-45-43-41-39-36-21-19-17-15-13-11-9-7-2/h15,17,21,36,56,60H,6-14,16,18-20,22-35,37-55H2,1-5H3/p+1/b17-15-,36-21-. The van der Waals surface area contributed by atoms with Gasteiger partial charge >= 0.3 is 17.9 Å². The second-order valence-electron chi connectivity index (χ2n) is 21.3. The van der Waals surface area contributed by atoms with Gasteiger partial charge in [-0.25, -0.2) is 4.79 Å². The van der Waals surface area contributed by atoms with E-state index < -0.39 is 24.3 Å². The molecule has 0 aliphatic heterocycles. The van der Waals surface area contributed by atoms with Crippen LogP contribution in [0.25, 0.3) is 0 Å². The Morgan fingerprint density at radius 2 is 0.783 bits per heavy atom. The molecule has 0 aliphatic rings. The molecule has 406 valence electrons. The molecule has 0 aromatic carbocycles. The molecule has 0 aromatic heterocycles. The third-order valence-electron chi connectivity index (χ3n) is 13.2. The van der Waals surface area contributed by atoms with Crippen molar-refractivity contribution < 1.29 is 42.9 Å². The van der Waals surface area contributed by atoms with E-state index in [2.05, 4.69) is 38.2 Å². The molecule has 9 heteroatoms. The van der Waals surface area contributed by atoms with Crippen molar-refractivity contribution in [1.82, 2.24) is 0 Å². The van der Waals surface area contributed by atoms with Crippen LogP contribution in [0.1, 0.15) is 284 Å². The van der Waals surface area contributed by atoms with Gasteiger partial charge in [0, 0.05) is 12.8 Å². The van der Waals surface area contributed by atoms with E-state index in [1.807, 2.05) is 21.1 Å². The number of esters is 2. The minimum atomic E-state index is -1.51. The zero-order valence-corrected chi connectivity index (χ0v) is 46.2. The maximum Gasteiger partial charge on any atom is 0.361 e. The summed E-state index contributed by atoms with van der Waals surface area (Å²) >= 11 is 0. The Hall–Kier alpha value is -2.23. The Balaban J connectivity index is 4.10. The number of quaternary nitrogens is 1. The summed E-state index contributed by atoms with van der Waals surface area (Å²) < 4.78 is 22.9. The van der Waals surface area contributed by atoms with Crippen LogP contribution in [0.4, 0.5) is 0 Å². The third-order valence-corrected chi connectivity index (χ3v) is 13.2. The van der Waals surface area contributed by atoms with Crippen molar-refractivity contribution in [2.45, 2.75) is 296 Å². The lowest BCUT2D eigenvalue weighted by atomic mass is 10.0. The second kappa shape index (κ2) is 52.1. The molecule has 0 heterocycles. The minimum Gasteiger partial charge on any atom is -0.477 e. The molecule has 0 fully saturated rings. The van der Waals surface area contributed by atoms with E-state index in [-0.39, 0.29) is 32.2 Å². The van der Waals surface area contributed by atoms with Gasteiger partial charge in [-0.05, 0) is 44.9 Å². The fourth-order valence-corrected chi connectivity index (χ4v) is 8.63. The van der Waals surface area contributed by atoms with Gasteiger partial charge in [-0.1, -0.05) is 250 Å². The number of nitrogens with zero attached hydrogens (tertiary/aromatic N) is 1. The topological polar surface area (TPSA) is 108 Å². The molecule has 0 aromatic rings. The predicted molar refractivity (Wildman–Crippen MR) is 291 cm³/mol. The number of ether oxygens (including phenoxy) is 4. The molecule has 0 aliphatic carbocycles. The first kappa shape index (κ1) is 66.8. The zero-order valence-electron chi connectivity index (χ0n) is 46.2. The largest absolute Gasteiger partial charge is 0.477 e. The average Bonchev–Trinajstić information content (AvgIpc) is 3.31. The molecular weight excluding hydrogens is 863 g/mol. The number of carboxylic acid groups (broad SMARTS) is 1. The van der Waals surface area contributed by atoms with E-state index >= 15 is 0 Å². The highest BCUT2D eigenvalue weighted by molar-refractivity contribution is 5.71. The number of hydrogen-bond donors (Lipinski definition) is 1. The third kappa shape index (κ3) is 53.4. The van der Waals surface area contributed by atoms with Crippen LogP contribution in [0.15, 0.2) is 24.3 Å². The molecule has 1 N–H and O–H groups in total.